The van der Waals surface area contributed by atoms with E-state index in [4.69, 9.17) is 9.47 Å². The first-order valence-corrected chi connectivity index (χ1v) is 8.82. The molecular formula is C21H21N3O3. The molecule has 0 radical (unpaired) electrons. The predicted octanol–water partition coefficient (Wildman–Crippen LogP) is 3.48. The van der Waals surface area contributed by atoms with E-state index in [0.29, 0.717) is 24.5 Å². The van der Waals surface area contributed by atoms with Crippen LogP contribution in [0.3, 0.4) is 0 Å². The maximum absolute atomic E-state index is 12.3. The zero-order chi connectivity index (χ0) is 18.8. The Balaban J connectivity index is 1.74. The molecule has 1 amide bonds. The van der Waals surface area contributed by atoms with Gasteiger partial charge >= 0.3 is 0 Å². The lowest BCUT2D eigenvalue weighted by Gasteiger charge is -2.25. The topological polar surface area (TPSA) is 65.4 Å². The fraction of sp³-hybridized carbons (Fsp3) is 0.238. The molecule has 0 spiro atoms. The number of para-hydroxylation sites is 1. The first-order chi connectivity index (χ1) is 13.2. The number of ether oxygens (including phenoxy) is 2. The average molecular weight is 363 g/mol. The summed E-state index contributed by atoms with van der Waals surface area (Å²) in [5, 5.41) is 7.21. The Bertz CT molecular complexity index is 966. The first-order valence-electron chi connectivity index (χ1n) is 8.82. The number of amides is 1. The molecule has 6 heteroatoms. The van der Waals surface area contributed by atoms with E-state index >= 15 is 0 Å². The maximum Gasteiger partial charge on any atom is 0.226 e. The molecule has 2 heterocycles. The molecule has 3 aromatic rings. The standard InChI is InChI=1S/C21H21N3O3/c1-24-21-17(12-22-24)16(11-19(25)23-21)15-9-6-10-18(26-2)20(15)27-13-14-7-4-3-5-8-14/h3-10,12,16H,11,13H2,1-2H3,(H,23,25)/t16-/m1/s1. The van der Waals surface area contributed by atoms with E-state index in [9.17, 15) is 4.79 Å². The van der Waals surface area contributed by atoms with Gasteiger partial charge in [0.25, 0.3) is 0 Å². The van der Waals surface area contributed by atoms with E-state index in [1.807, 2.05) is 55.6 Å². The predicted molar refractivity (Wildman–Crippen MR) is 102 cm³/mol. The smallest absolute Gasteiger partial charge is 0.226 e. The molecule has 0 unspecified atom stereocenters. The van der Waals surface area contributed by atoms with Crippen molar-refractivity contribution < 1.29 is 14.3 Å². The highest BCUT2D eigenvalue weighted by Gasteiger charge is 2.32. The summed E-state index contributed by atoms with van der Waals surface area (Å²) in [6.07, 6.45) is 2.15. The fourth-order valence-corrected chi connectivity index (χ4v) is 3.47. The number of hydrogen-bond donors (Lipinski definition) is 1. The normalized spacial score (nSPS) is 15.8. The molecule has 2 aromatic carbocycles. The summed E-state index contributed by atoms with van der Waals surface area (Å²) < 4.78 is 13.4. The van der Waals surface area contributed by atoms with Crippen molar-refractivity contribution in [2.75, 3.05) is 12.4 Å². The van der Waals surface area contributed by atoms with Crippen molar-refractivity contribution in [3.8, 4) is 11.5 Å². The van der Waals surface area contributed by atoms with Crippen LogP contribution in [0.4, 0.5) is 5.82 Å². The third-order valence-electron chi connectivity index (χ3n) is 4.82. The van der Waals surface area contributed by atoms with Crippen LogP contribution in [-0.2, 0) is 18.4 Å². The molecule has 0 saturated carbocycles. The van der Waals surface area contributed by atoms with Crippen LogP contribution < -0.4 is 14.8 Å². The van der Waals surface area contributed by atoms with Gasteiger partial charge in [-0.15, -0.1) is 0 Å². The zero-order valence-corrected chi connectivity index (χ0v) is 15.3. The van der Waals surface area contributed by atoms with Crippen LogP contribution in [0.5, 0.6) is 11.5 Å². The van der Waals surface area contributed by atoms with Crippen molar-refractivity contribution in [3.05, 3.63) is 71.4 Å². The van der Waals surface area contributed by atoms with Crippen LogP contribution >= 0.6 is 0 Å². The summed E-state index contributed by atoms with van der Waals surface area (Å²) in [7, 11) is 3.44. The number of benzene rings is 2. The average Bonchev–Trinajstić information content (AvgIpc) is 3.07. The molecule has 1 aromatic heterocycles. The van der Waals surface area contributed by atoms with Crippen LogP contribution in [0.15, 0.2) is 54.7 Å². The Morgan fingerprint density at radius 2 is 1.96 bits per heavy atom. The maximum atomic E-state index is 12.3. The van der Waals surface area contributed by atoms with Gasteiger partial charge in [0.05, 0.1) is 13.3 Å². The summed E-state index contributed by atoms with van der Waals surface area (Å²) >= 11 is 0. The summed E-state index contributed by atoms with van der Waals surface area (Å²) in [6.45, 7) is 0.424. The molecular weight excluding hydrogens is 342 g/mol. The van der Waals surface area contributed by atoms with E-state index in [-0.39, 0.29) is 11.8 Å². The highest BCUT2D eigenvalue weighted by atomic mass is 16.5. The Hall–Kier alpha value is -3.28. The molecule has 6 nitrogen and oxygen atoms in total. The SMILES string of the molecule is COc1cccc([C@H]2CC(=O)Nc3c2cnn3C)c1OCc1ccccc1. The van der Waals surface area contributed by atoms with Crippen molar-refractivity contribution in [1.29, 1.82) is 0 Å². The summed E-state index contributed by atoms with van der Waals surface area (Å²) in [5.74, 6) is 1.88. The monoisotopic (exact) mass is 363 g/mol. The van der Waals surface area contributed by atoms with Crippen molar-refractivity contribution in [1.82, 2.24) is 9.78 Å². The van der Waals surface area contributed by atoms with Crippen LogP contribution in [0, 0.1) is 0 Å². The molecule has 1 atom stereocenters. The fourth-order valence-electron chi connectivity index (χ4n) is 3.47. The minimum Gasteiger partial charge on any atom is -0.493 e. The minimum absolute atomic E-state index is 0.0343. The Morgan fingerprint density at radius 1 is 1.15 bits per heavy atom. The van der Waals surface area contributed by atoms with Gasteiger partial charge in [-0.25, -0.2) is 0 Å². The zero-order valence-electron chi connectivity index (χ0n) is 15.3. The lowest BCUT2D eigenvalue weighted by atomic mass is 9.86. The van der Waals surface area contributed by atoms with Gasteiger partial charge in [-0.05, 0) is 11.6 Å². The van der Waals surface area contributed by atoms with E-state index in [1.165, 1.54) is 0 Å². The molecule has 0 fully saturated rings. The number of fused-ring (bicyclic) bond motifs is 1. The number of aromatic nitrogens is 2. The van der Waals surface area contributed by atoms with E-state index in [2.05, 4.69) is 10.4 Å². The van der Waals surface area contributed by atoms with Crippen molar-refractivity contribution >= 4 is 11.7 Å². The van der Waals surface area contributed by atoms with Crippen molar-refractivity contribution in [2.45, 2.75) is 18.9 Å². The van der Waals surface area contributed by atoms with Crippen LogP contribution in [0.25, 0.3) is 0 Å². The van der Waals surface area contributed by atoms with E-state index < -0.39 is 0 Å². The number of rotatable bonds is 5. The van der Waals surface area contributed by atoms with Gasteiger partial charge in [0.1, 0.15) is 12.4 Å². The Morgan fingerprint density at radius 3 is 2.74 bits per heavy atom. The molecule has 0 bridgehead atoms. The number of nitrogens with zero attached hydrogens (tertiary/aromatic N) is 2. The quantitative estimate of drug-likeness (QED) is 0.754. The Labute approximate surface area is 157 Å². The highest BCUT2D eigenvalue weighted by Crippen LogP contribution is 2.44. The van der Waals surface area contributed by atoms with Gasteiger partial charge in [-0.2, -0.15) is 5.10 Å². The molecule has 0 saturated heterocycles. The number of aryl methyl sites for hydroxylation is 1. The van der Waals surface area contributed by atoms with Gasteiger partial charge in [0, 0.05) is 30.5 Å². The largest absolute Gasteiger partial charge is 0.493 e. The summed E-state index contributed by atoms with van der Waals surface area (Å²) in [5.41, 5.74) is 2.97. The van der Waals surface area contributed by atoms with E-state index in [0.717, 1.165) is 22.5 Å². The second-order valence-corrected chi connectivity index (χ2v) is 6.53. The Kier molecular flexibility index (Phi) is 4.54. The molecule has 1 N–H and O–H groups in total. The van der Waals surface area contributed by atoms with Crippen LogP contribution in [0.2, 0.25) is 0 Å². The number of carbonyl (C=O) groups excluding carboxylic acids is 1. The number of carbonyl (C=O) groups is 1. The molecule has 27 heavy (non-hydrogen) atoms. The van der Waals surface area contributed by atoms with Crippen LogP contribution in [0.1, 0.15) is 29.0 Å². The second-order valence-electron chi connectivity index (χ2n) is 6.53. The van der Waals surface area contributed by atoms with Gasteiger partial charge in [-0.3, -0.25) is 9.48 Å². The van der Waals surface area contributed by atoms with Gasteiger partial charge < -0.3 is 14.8 Å². The second kappa shape index (κ2) is 7.15. The minimum atomic E-state index is -0.136. The van der Waals surface area contributed by atoms with Gasteiger partial charge in [-0.1, -0.05) is 42.5 Å². The van der Waals surface area contributed by atoms with Gasteiger partial charge in [0.2, 0.25) is 5.91 Å². The number of nitrogens with one attached hydrogen (secondary N) is 1. The lowest BCUT2D eigenvalue weighted by Crippen LogP contribution is -2.24. The van der Waals surface area contributed by atoms with Crippen LogP contribution in [-0.4, -0.2) is 22.8 Å². The number of hydrogen-bond acceptors (Lipinski definition) is 4. The summed E-state index contributed by atoms with van der Waals surface area (Å²) in [4.78, 5) is 12.3. The number of anilines is 1. The third kappa shape index (κ3) is 3.26. The highest BCUT2D eigenvalue weighted by molar-refractivity contribution is 5.94. The number of methoxy groups -OCH3 is 1. The van der Waals surface area contributed by atoms with Crippen molar-refractivity contribution in [2.24, 2.45) is 7.05 Å². The molecule has 0 aliphatic carbocycles. The third-order valence-corrected chi connectivity index (χ3v) is 4.82. The lowest BCUT2D eigenvalue weighted by molar-refractivity contribution is -0.116. The molecule has 1 aliphatic rings. The molecule has 4 rings (SSSR count). The van der Waals surface area contributed by atoms with Gasteiger partial charge in [0.15, 0.2) is 11.5 Å². The molecule has 138 valence electrons. The van der Waals surface area contributed by atoms with E-state index in [1.54, 1.807) is 18.0 Å². The van der Waals surface area contributed by atoms with Crippen molar-refractivity contribution in [3.63, 3.8) is 0 Å². The summed E-state index contributed by atoms with van der Waals surface area (Å²) in [6, 6.07) is 15.8. The first kappa shape index (κ1) is 17.1. The molecule has 1 aliphatic heterocycles.